The largest absolute Gasteiger partial charge is 0.439 e. The predicted octanol–water partition coefficient (Wildman–Crippen LogP) is 2.22. The molecule has 7 nitrogen and oxygen atoms in total. The van der Waals surface area contributed by atoms with Gasteiger partial charge in [0.05, 0.1) is 19.8 Å². The van der Waals surface area contributed by atoms with Crippen LogP contribution in [0, 0.1) is 6.92 Å². The molecule has 1 N–H and O–H groups in total. The third-order valence-corrected chi connectivity index (χ3v) is 4.74. The molecule has 0 spiro atoms. The van der Waals surface area contributed by atoms with Gasteiger partial charge in [0.25, 0.3) is 0 Å². The van der Waals surface area contributed by atoms with Crippen LogP contribution >= 0.6 is 0 Å². The highest BCUT2D eigenvalue weighted by atomic mass is 16.5. The number of hydrogen-bond donors (Lipinski definition) is 1. The highest BCUT2D eigenvalue weighted by molar-refractivity contribution is 5.83. The van der Waals surface area contributed by atoms with Gasteiger partial charge in [-0.2, -0.15) is 0 Å². The van der Waals surface area contributed by atoms with Gasteiger partial charge in [0, 0.05) is 25.5 Å². The molecule has 0 unspecified atom stereocenters. The maximum atomic E-state index is 13.0. The zero-order valence-corrected chi connectivity index (χ0v) is 15.2. The molecule has 3 aromatic rings. The maximum Gasteiger partial charge on any atom is 0.242 e. The van der Waals surface area contributed by atoms with E-state index in [1.54, 1.807) is 12.4 Å². The van der Waals surface area contributed by atoms with E-state index in [0.29, 0.717) is 32.2 Å². The number of aryl methyl sites for hydroxylation is 1. The number of carbonyl (C=O) groups is 1. The molecule has 7 heteroatoms. The molecule has 140 valence electrons. The van der Waals surface area contributed by atoms with Crippen LogP contribution in [0.4, 0.5) is 0 Å². The van der Waals surface area contributed by atoms with Crippen molar-refractivity contribution in [3.8, 4) is 0 Å². The number of pyridine rings is 1. The van der Waals surface area contributed by atoms with Gasteiger partial charge in [0.1, 0.15) is 11.6 Å². The van der Waals surface area contributed by atoms with Crippen molar-refractivity contribution in [1.82, 2.24) is 20.2 Å². The first-order valence-corrected chi connectivity index (χ1v) is 9.07. The third-order valence-electron chi connectivity index (χ3n) is 4.74. The van der Waals surface area contributed by atoms with Gasteiger partial charge in [-0.05, 0) is 30.2 Å². The van der Waals surface area contributed by atoms with Crippen molar-refractivity contribution in [2.75, 3.05) is 26.3 Å². The number of carbonyl (C=O) groups excluding carboxylic acids is 1. The van der Waals surface area contributed by atoms with E-state index in [4.69, 9.17) is 9.15 Å². The van der Waals surface area contributed by atoms with Crippen molar-refractivity contribution in [2.45, 2.75) is 19.5 Å². The molecule has 0 bridgehead atoms. The number of rotatable bonds is 5. The van der Waals surface area contributed by atoms with E-state index in [9.17, 15) is 4.79 Å². The average Bonchev–Trinajstić information content (AvgIpc) is 3.13. The number of oxazole rings is 1. The van der Waals surface area contributed by atoms with Crippen LogP contribution in [0.25, 0.3) is 11.1 Å². The first-order valence-electron chi connectivity index (χ1n) is 9.07. The Balaban J connectivity index is 1.51. The molecule has 0 aliphatic carbocycles. The molecule has 1 saturated heterocycles. The summed E-state index contributed by atoms with van der Waals surface area (Å²) in [5.41, 5.74) is 3.48. The van der Waals surface area contributed by atoms with Crippen LogP contribution in [0.5, 0.6) is 0 Å². The number of fused-ring (bicyclic) bond motifs is 1. The SMILES string of the molecule is Cc1cccc2oc(CNC(=O)[C@H](c3cccnc3)N3CCOCC3)nc12. The summed E-state index contributed by atoms with van der Waals surface area (Å²) in [5, 5.41) is 2.97. The molecular weight excluding hydrogens is 344 g/mol. The number of benzene rings is 1. The maximum absolute atomic E-state index is 13.0. The Labute approximate surface area is 157 Å². The van der Waals surface area contributed by atoms with E-state index >= 15 is 0 Å². The molecule has 4 rings (SSSR count). The Morgan fingerprint density at radius 2 is 2.11 bits per heavy atom. The lowest BCUT2D eigenvalue weighted by atomic mass is 10.1. The fourth-order valence-electron chi connectivity index (χ4n) is 3.37. The number of hydrogen-bond acceptors (Lipinski definition) is 6. The Kier molecular flexibility index (Phi) is 5.13. The second-order valence-electron chi connectivity index (χ2n) is 6.58. The van der Waals surface area contributed by atoms with Crippen molar-refractivity contribution in [3.63, 3.8) is 0 Å². The molecule has 0 saturated carbocycles. The monoisotopic (exact) mass is 366 g/mol. The number of nitrogens with zero attached hydrogens (tertiary/aromatic N) is 3. The Hall–Kier alpha value is -2.77. The molecule has 1 atom stereocenters. The topological polar surface area (TPSA) is 80.5 Å². The number of amides is 1. The summed E-state index contributed by atoms with van der Waals surface area (Å²) in [6, 6.07) is 9.17. The van der Waals surface area contributed by atoms with E-state index in [2.05, 4.69) is 20.2 Å². The summed E-state index contributed by atoms with van der Waals surface area (Å²) in [7, 11) is 0. The Morgan fingerprint density at radius 3 is 2.85 bits per heavy atom. The average molecular weight is 366 g/mol. The highest BCUT2D eigenvalue weighted by Crippen LogP contribution is 2.22. The molecule has 1 aliphatic heterocycles. The summed E-state index contributed by atoms with van der Waals surface area (Å²) in [4.78, 5) is 23.8. The first kappa shape index (κ1) is 17.6. The molecule has 1 aromatic carbocycles. The lowest BCUT2D eigenvalue weighted by molar-refractivity contribution is -0.128. The number of nitrogens with one attached hydrogen (secondary N) is 1. The number of ether oxygens (including phenoxy) is 1. The van der Waals surface area contributed by atoms with Crippen molar-refractivity contribution in [2.24, 2.45) is 0 Å². The van der Waals surface area contributed by atoms with E-state index < -0.39 is 6.04 Å². The van der Waals surface area contributed by atoms with Gasteiger partial charge < -0.3 is 14.5 Å². The summed E-state index contributed by atoms with van der Waals surface area (Å²) in [6.07, 6.45) is 3.45. The van der Waals surface area contributed by atoms with Gasteiger partial charge in [-0.1, -0.05) is 18.2 Å². The minimum Gasteiger partial charge on any atom is -0.439 e. The minimum atomic E-state index is -0.409. The van der Waals surface area contributed by atoms with Crippen molar-refractivity contribution < 1.29 is 13.9 Å². The van der Waals surface area contributed by atoms with Gasteiger partial charge in [-0.15, -0.1) is 0 Å². The lowest BCUT2D eigenvalue weighted by Gasteiger charge is -2.33. The van der Waals surface area contributed by atoms with Crippen LogP contribution in [-0.4, -0.2) is 47.1 Å². The smallest absolute Gasteiger partial charge is 0.242 e. The lowest BCUT2D eigenvalue weighted by Crippen LogP contribution is -2.45. The number of morpholine rings is 1. The van der Waals surface area contributed by atoms with Gasteiger partial charge in [-0.25, -0.2) is 4.98 Å². The van der Waals surface area contributed by atoms with E-state index in [1.807, 2.05) is 37.3 Å². The standard InChI is InChI=1S/C20H22N4O3/c1-14-4-2-6-16-18(14)23-17(27-16)13-22-20(25)19(15-5-3-7-21-12-15)24-8-10-26-11-9-24/h2-7,12,19H,8-11,13H2,1H3,(H,22,25)/t19-/m0/s1. The molecule has 1 fully saturated rings. The zero-order chi connectivity index (χ0) is 18.6. The second-order valence-corrected chi connectivity index (χ2v) is 6.58. The quantitative estimate of drug-likeness (QED) is 0.746. The Morgan fingerprint density at radius 1 is 1.26 bits per heavy atom. The molecule has 1 amide bonds. The van der Waals surface area contributed by atoms with Crippen molar-refractivity contribution >= 4 is 17.0 Å². The molecule has 27 heavy (non-hydrogen) atoms. The summed E-state index contributed by atoms with van der Waals surface area (Å²) in [6.45, 7) is 4.88. The fourth-order valence-corrected chi connectivity index (χ4v) is 3.37. The van der Waals surface area contributed by atoms with Crippen molar-refractivity contribution in [3.05, 3.63) is 59.7 Å². The van der Waals surface area contributed by atoms with Crippen LogP contribution in [0.1, 0.15) is 23.1 Å². The zero-order valence-electron chi connectivity index (χ0n) is 15.2. The summed E-state index contributed by atoms with van der Waals surface area (Å²) < 4.78 is 11.2. The number of aromatic nitrogens is 2. The minimum absolute atomic E-state index is 0.0936. The Bertz CT molecular complexity index is 919. The van der Waals surface area contributed by atoms with Crippen LogP contribution in [0.3, 0.4) is 0 Å². The predicted molar refractivity (Wildman–Crippen MR) is 100.0 cm³/mol. The molecule has 0 radical (unpaired) electrons. The van der Waals surface area contributed by atoms with Gasteiger partial charge >= 0.3 is 0 Å². The van der Waals surface area contributed by atoms with Gasteiger partial charge in [0.15, 0.2) is 5.58 Å². The van der Waals surface area contributed by atoms with Gasteiger partial charge in [0.2, 0.25) is 11.8 Å². The molecule has 3 heterocycles. The number of para-hydroxylation sites is 1. The molecular formula is C20H22N4O3. The fraction of sp³-hybridized carbons (Fsp3) is 0.350. The van der Waals surface area contributed by atoms with Gasteiger partial charge in [-0.3, -0.25) is 14.7 Å². The summed E-state index contributed by atoms with van der Waals surface area (Å²) >= 11 is 0. The van der Waals surface area contributed by atoms with Crippen LogP contribution in [0.15, 0.2) is 47.1 Å². The van der Waals surface area contributed by atoms with E-state index in [-0.39, 0.29) is 12.5 Å². The van der Waals surface area contributed by atoms with Crippen molar-refractivity contribution in [1.29, 1.82) is 0 Å². The second kappa shape index (κ2) is 7.85. The van der Waals surface area contributed by atoms with E-state index in [1.165, 1.54) is 0 Å². The normalized spacial score (nSPS) is 16.3. The van der Waals surface area contributed by atoms with Crippen LogP contribution < -0.4 is 5.32 Å². The molecule has 1 aliphatic rings. The molecule has 2 aromatic heterocycles. The summed E-state index contributed by atoms with van der Waals surface area (Å²) in [5.74, 6) is 0.406. The van der Waals surface area contributed by atoms with Crippen LogP contribution in [-0.2, 0) is 16.1 Å². The third kappa shape index (κ3) is 3.84. The van der Waals surface area contributed by atoms with E-state index in [0.717, 1.165) is 22.2 Å². The van der Waals surface area contributed by atoms with Crippen LogP contribution in [0.2, 0.25) is 0 Å². The highest BCUT2D eigenvalue weighted by Gasteiger charge is 2.29. The first-order chi connectivity index (χ1) is 13.2.